The monoisotopic (exact) mass is 259 g/mol. The predicted molar refractivity (Wildman–Crippen MR) is 69.5 cm³/mol. The Kier molecular flexibility index (Phi) is 5.98. The number of halogens is 2. The highest BCUT2D eigenvalue weighted by atomic mass is 35.5. The van der Waals surface area contributed by atoms with Crippen LogP contribution in [0.2, 0.25) is 0 Å². The second kappa shape index (κ2) is 6.70. The zero-order valence-corrected chi connectivity index (χ0v) is 10.2. The average Bonchev–Trinajstić information content (AvgIpc) is 2.15. The maximum absolute atomic E-state index is 12.8. The minimum atomic E-state index is -0.276. The minimum absolute atomic E-state index is 0. The fourth-order valence-electron chi connectivity index (χ4n) is 1.17. The van der Waals surface area contributed by atoms with Crippen molar-refractivity contribution in [2.24, 2.45) is 27.2 Å². The molecule has 7 heteroatoms. The first-order chi connectivity index (χ1) is 7.49. The molecule has 1 aromatic rings. The lowest BCUT2D eigenvalue weighted by Gasteiger charge is -2.02. The molecule has 0 radical (unpaired) electrons. The van der Waals surface area contributed by atoms with Gasteiger partial charge in [0.15, 0.2) is 5.96 Å². The standard InChI is InChI=1S/C10H14FN5.ClH/c1-6-4-8(11)3-2-7(6)5-15-10(14)16-9(12)13;/h2-4H,5H2,1H3,(H6,12,13,14,15,16);1H. The highest BCUT2D eigenvalue weighted by Crippen LogP contribution is 2.10. The van der Waals surface area contributed by atoms with Gasteiger partial charge in [0.25, 0.3) is 0 Å². The van der Waals surface area contributed by atoms with E-state index in [0.29, 0.717) is 6.54 Å². The van der Waals surface area contributed by atoms with Gasteiger partial charge in [0.05, 0.1) is 6.54 Å². The van der Waals surface area contributed by atoms with E-state index in [1.165, 1.54) is 12.1 Å². The zero-order valence-electron chi connectivity index (χ0n) is 9.35. The fourth-order valence-corrected chi connectivity index (χ4v) is 1.17. The highest BCUT2D eigenvalue weighted by Gasteiger charge is 1.99. The van der Waals surface area contributed by atoms with Gasteiger partial charge in [-0.3, -0.25) is 0 Å². The first kappa shape index (κ1) is 15.2. The zero-order chi connectivity index (χ0) is 12.1. The van der Waals surface area contributed by atoms with E-state index in [4.69, 9.17) is 17.2 Å². The van der Waals surface area contributed by atoms with Crippen LogP contribution in [-0.2, 0) is 6.54 Å². The Hall–Kier alpha value is -1.82. The molecule has 1 aromatic carbocycles. The second-order valence-electron chi connectivity index (χ2n) is 3.28. The maximum atomic E-state index is 12.8. The molecular weight excluding hydrogens is 245 g/mol. The van der Waals surface area contributed by atoms with Gasteiger partial charge in [0.2, 0.25) is 5.96 Å². The summed E-state index contributed by atoms with van der Waals surface area (Å²) in [5, 5.41) is 0. The molecule has 17 heavy (non-hydrogen) atoms. The predicted octanol–water partition coefficient (Wildman–Crippen LogP) is 0.644. The quantitative estimate of drug-likeness (QED) is 0.536. The Morgan fingerprint density at radius 1 is 1.29 bits per heavy atom. The number of hydrogen-bond donors (Lipinski definition) is 3. The van der Waals surface area contributed by atoms with E-state index in [1.807, 2.05) is 0 Å². The van der Waals surface area contributed by atoms with Crippen LogP contribution in [0.15, 0.2) is 28.2 Å². The van der Waals surface area contributed by atoms with Crippen molar-refractivity contribution < 1.29 is 4.39 Å². The number of rotatable bonds is 2. The summed E-state index contributed by atoms with van der Waals surface area (Å²) in [4.78, 5) is 7.52. The Morgan fingerprint density at radius 2 is 1.94 bits per heavy atom. The molecule has 0 aromatic heterocycles. The summed E-state index contributed by atoms with van der Waals surface area (Å²) >= 11 is 0. The highest BCUT2D eigenvalue weighted by molar-refractivity contribution is 5.92. The van der Waals surface area contributed by atoms with Crippen molar-refractivity contribution in [3.8, 4) is 0 Å². The fraction of sp³-hybridized carbons (Fsp3) is 0.200. The molecule has 0 saturated carbocycles. The van der Waals surface area contributed by atoms with Crippen molar-refractivity contribution in [1.29, 1.82) is 0 Å². The molecule has 94 valence electrons. The number of aliphatic imine (C=N–C) groups is 2. The summed E-state index contributed by atoms with van der Waals surface area (Å²) in [6, 6.07) is 4.45. The number of nitrogens with zero attached hydrogens (tertiary/aromatic N) is 2. The Labute approximate surface area is 105 Å². The number of benzene rings is 1. The van der Waals surface area contributed by atoms with Gasteiger partial charge >= 0.3 is 0 Å². The van der Waals surface area contributed by atoms with Crippen LogP contribution in [0.1, 0.15) is 11.1 Å². The van der Waals surface area contributed by atoms with Crippen LogP contribution in [0.25, 0.3) is 0 Å². The number of guanidine groups is 2. The summed E-state index contributed by atoms with van der Waals surface area (Å²) in [5.74, 6) is -0.414. The van der Waals surface area contributed by atoms with Gasteiger partial charge in [-0.25, -0.2) is 9.38 Å². The first-order valence-electron chi connectivity index (χ1n) is 4.63. The lowest BCUT2D eigenvalue weighted by atomic mass is 10.1. The minimum Gasteiger partial charge on any atom is -0.370 e. The molecular formula is C10H15ClFN5. The van der Waals surface area contributed by atoms with E-state index in [-0.39, 0.29) is 30.1 Å². The summed E-state index contributed by atoms with van der Waals surface area (Å²) in [6.07, 6.45) is 0. The van der Waals surface area contributed by atoms with Crippen LogP contribution in [0.4, 0.5) is 4.39 Å². The molecule has 0 aliphatic heterocycles. The van der Waals surface area contributed by atoms with Gasteiger partial charge < -0.3 is 17.2 Å². The van der Waals surface area contributed by atoms with E-state index in [9.17, 15) is 4.39 Å². The molecule has 5 nitrogen and oxygen atoms in total. The molecule has 1 rings (SSSR count). The van der Waals surface area contributed by atoms with Crippen LogP contribution in [0.5, 0.6) is 0 Å². The third-order valence-corrected chi connectivity index (χ3v) is 1.96. The lowest BCUT2D eigenvalue weighted by molar-refractivity contribution is 0.625. The number of nitrogens with two attached hydrogens (primary N) is 3. The van der Waals surface area contributed by atoms with Crippen molar-refractivity contribution in [1.82, 2.24) is 0 Å². The average molecular weight is 260 g/mol. The molecule has 0 unspecified atom stereocenters. The van der Waals surface area contributed by atoms with Crippen molar-refractivity contribution in [3.63, 3.8) is 0 Å². The maximum Gasteiger partial charge on any atom is 0.218 e. The normalized spacial score (nSPS) is 10.6. The van der Waals surface area contributed by atoms with E-state index in [1.54, 1.807) is 13.0 Å². The molecule has 0 spiro atoms. The van der Waals surface area contributed by atoms with Crippen molar-refractivity contribution in [3.05, 3.63) is 35.1 Å². The van der Waals surface area contributed by atoms with E-state index >= 15 is 0 Å². The van der Waals surface area contributed by atoms with E-state index in [0.717, 1.165) is 11.1 Å². The third-order valence-electron chi connectivity index (χ3n) is 1.96. The van der Waals surface area contributed by atoms with Gasteiger partial charge in [-0.2, -0.15) is 4.99 Å². The van der Waals surface area contributed by atoms with Gasteiger partial charge in [-0.15, -0.1) is 12.4 Å². The van der Waals surface area contributed by atoms with Crippen LogP contribution in [-0.4, -0.2) is 11.9 Å². The smallest absolute Gasteiger partial charge is 0.218 e. The van der Waals surface area contributed by atoms with Crippen molar-refractivity contribution in [2.75, 3.05) is 0 Å². The van der Waals surface area contributed by atoms with Crippen LogP contribution >= 0.6 is 12.4 Å². The van der Waals surface area contributed by atoms with Gasteiger partial charge in [-0.05, 0) is 30.2 Å². The van der Waals surface area contributed by atoms with Crippen LogP contribution < -0.4 is 17.2 Å². The Morgan fingerprint density at radius 3 is 2.47 bits per heavy atom. The van der Waals surface area contributed by atoms with Crippen LogP contribution in [0, 0.1) is 12.7 Å². The summed E-state index contributed by atoms with van der Waals surface area (Å²) in [7, 11) is 0. The number of hydrogen-bond acceptors (Lipinski definition) is 1. The molecule has 0 aliphatic rings. The summed E-state index contributed by atoms with van der Waals surface area (Å²) in [6.45, 7) is 2.11. The van der Waals surface area contributed by atoms with Gasteiger partial charge in [-0.1, -0.05) is 6.07 Å². The topological polar surface area (TPSA) is 103 Å². The van der Waals surface area contributed by atoms with Crippen molar-refractivity contribution >= 4 is 24.3 Å². The molecule has 0 aliphatic carbocycles. The molecule has 0 saturated heterocycles. The SMILES string of the molecule is Cc1cc(F)ccc1CN=C(N)N=C(N)N.Cl. The Bertz CT molecular complexity index is 440. The van der Waals surface area contributed by atoms with E-state index < -0.39 is 0 Å². The van der Waals surface area contributed by atoms with Gasteiger partial charge in [0, 0.05) is 0 Å². The second-order valence-corrected chi connectivity index (χ2v) is 3.28. The number of aryl methyl sites for hydroxylation is 1. The molecule has 0 bridgehead atoms. The summed E-state index contributed by atoms with van der Waals surface area (Å²) in [5.41, 5.74) is 17.4. The van der Waals surface area contributed by atoms with Crippen LogP contribution in [0.3, 0.4) is 0 Å². The Balaban J connectivity index is 0.00000256. The van der Waals surface area contributed by atoms with E-state index in [2.05, 4.69) is 9.98 Å². The first-order valence-corrected chi connectivity index (χ1v) is 4.63. The molecule has 0 fully saturated rings. The largest absolute Gasteiger partial charge is 0.370 e. The molecule has 6 N–H and O–H groups in total. The molecule has 0 atom stereocenters. The summed E-state index contributed by atoms with van der Waals surface area (Å²) < 4.78 is 12.8. The lowest BCUT2D eigenvalue weighted by Crippen LogP contribution is -2.26. The molecule has 0 heterocycles. The van der Waals surface area contributed by atoms with Crippen molar-refractivity contribution in [2.45, 2.75) is 13.5 Å². The van der Waals surface area contributed by atoms with Gasteiger partial charge in [0.1, 0.15) is 5.82 Å². The molecule has 0 amide bonds. The third kappa shape index (κ3) is 5.17.